The van der Waals surface area contributed by atoms with Crippen LogP contribution in [0.15, 0.2) is 48.5 Å². The number of halogens is 1. The Balaban J connectivity index is 1.77. The van der Waals surface area contributed by atoms with E-state index in [-0.39, 0.29) is 37.6 Å². The van der Waals surface area contributed by atoms with Gasteiger partial charge >= 0.3 is 0 Å². The molecule has 2 atom stereocenters. The summed E-state index contributed by atoms with van der Waals surface area (Å²) < 4.78 is 11.3. The normalized spacial score (nSPS) is 18.5. The number of ether oxygens (including phenoxy) is 2. The van der Waals surface area contributed by atoms with Crippen LogP contribution in [0.25, 0.3) is 0 Å². The molecule has 5 N–H and O–H groups in total. The molecule has 2 aromatic carbocycles. The largest absolute Gasteiger partial charge is 0.492 e. The van der Waals surface area contributed by atoms with Gasteiger partial charge in [-0.1, -0.05) is 23.7 Å². The number of amides is 5. The smallest absolute Gasteiger partial charge is 0.255 e. The Kier molecular flexibility index (Phi) is 10.5. The van der Waals surface area contributed by atoms with Crippen LogP contribution in [0, 0.1) is 0 Å². The number of benzene rings is 2. The molecule has 0 saturated carbocycles. The predicted molar refractivity (Wildman–Crippen MR) is 141 cm³/mol. The first-order chi connectivity index (χ1) is 18.6. The van der Waals surface area contributed by atoms with E-state index < -0.39 is 54.5 Å². The van der Waals surface area contributed by atoms with Crippen LogP contribution in [0.1, 0.15) is 23.2 Å². The maximum atomic E-state index is 13.1. The number of hydrogen-bond acceptors (Lipinski definition) is 7. The van der Waals surface area contributed by atoms with Crippen molar-refractivity contribution in [1.82, 2.24) is 20.9 Å². The van der Waals surface area contributed by atoms with E-state index in [1.165, 1.54) is 18.0 Å². The Hall–Kier alpha value is -4.32. The highest BCUT2D eigenvalue weighted by Gasteiger charge is 2.30. The van der Waals surface area contributed by atoms with E-state index in [1.807, 2.05) is 0 Å². The molecule has 0 spiro atoms. The lowest BCUT2D eigenvalue weighted by Gasteiger charge is -2.26. The first-order valence-electron chi connectivity index (χ1n) is 12.2. The fourth-order valence-electron chi connectivity index (χ4n) is 3.73. The minimum Gasteiger partial charge on any atom is -0.492 e. The first-order valence-corrected chi connectivity index (χ1v) is 12.5. The van der Waals surface area contributed by atoms with E-state index in [1.54, 1.807) is 42.5 Å². The lowest BCUT2D eigenvalue weighted by molar-refractivity contribution is -0.137. The summed E-state index contributed by atoms with van der Waals surface area (Å²) in [5, 5.41) is 8.20. The Bertz CT molecular complexity index is 1210. The molecule has 1 aliphatic rings. The summed E-state index contributed by atoms with van der Waals surface area (Å²) >= 11 is 5.86. The van der Waals surface area contributed by atoms with Gasteiger partial charge in [-0.2, -0.15) is 0 Å². The zero-order chi connectivity index (χ0) is 28.4. The fraction of sp³-hybridized carbons (Fsp3) is 0.346. The predicted octanol–water partition coefficient (Wildman–Crippen LogP) is 0.235. The number of para-hydroxylation sites is 1. The number of likely N-dealkylation sites (N-methyl/N-ethyl adjacent to an activating group) is 1. The molecule has 0 saturated heterocycles. The molecule has 2 aromatic rings. The SMILES string of the molecule is CN1CCOc2ccccc2C(=O)N[C@H](C(=O)NCCOc2ccc(Cl)cc2)CC(=O)N[C@@H](CC(N)=O)C1=O. The van der Waals surface area contributed by atoms with E-state index in [0.29, 0.717) is 10.8 Å². The van der Waals surface area contributed by atoms with Gasteiger partial charge in [0.05, 0.1) is 31.5 Å². The van der Waals surface area contributed by atoms with Gasteiger partial charge in [-0.15, -0.1) is 0 Å². The summed E-state index contributed by atoms with van der Waals surface area (Å²) in [5.41, 5.74) is 5.43. The topological polar surface area (TPSA) is 169 Å². The second-order valence-corrected chi connectivity index (χ2v) is 9.15. The average Bonchev–Trinajstić information content (AvgIpc) is 2.90. The zero-order valence-electron chi connectivity index (χ0n) is 21.3. The van der Waals surface area contributed by atoms with Crippen molar-refractivity contribution in [2.75, 3.05) is 33.4 Å². The highest BCUT2D eigenvalue weighted by atomic mass is 35.5. The molecule has 0 radical (unpaired) electrons. The van der Waals surface area contributed by atoms with Crippen LogP contribution in [-0.2, 0) is 19.2 Å². The van der Waals surface area contributed by atoms with Crippen molar-refractivity contribution in [2.24, 2.45) is 5.73 Å². The van der Waals surface area contributed by atoms with Crippen molar-refractivity contribution in [3.8, 4) is 11.5 Å². The third-order valence-corrected chi connectivity index (χ3v) is 5.98. The van der Waals surface area contributed by atoms with Gasteiger partial charge in [0, 0.05) is 12.1 Å². The third kappa shape index (κ3) is 8.88. The summed E-state index contributed by atoms with van der Waals surface area (Å²) in [4.78, 5) is 64.7. The number of fused-ring (bicyclic) bond motifs is 1. The van der Waals surface area contributed by atoms with E-state index in [4.69, 9.17) is 26.8 Å². The molecule has 208 valence electrons. The van der Waals surface area contributed by atoms with Crippen molar-refractivity contribution in [3.05, 3.63) is 59.1 Å². The van der Waals surface area contributed by atoms with Crippen LogP contribution in [0.4, 0.5) is 0 Å². The maximum absolute atomic E-state index is 13.1. The van der Waals surface area contributed by atoms with Crippen molar-refractivity contribution in [3.63, 3.8) is 0 Å². The van der Waals surface area contributed by atoms with Crippen LogP contribution < -0.4 is 31.2 Å². The lowest BCUT2D eigenvalue weighted by Crippen LogP contribution is -2.53. The minimum atomic E-state index is -1.31. The van der Waals surface area contributed by atoms with E-state index in [9.17, 15) is 24.0 Å². The summed E-state index contributed by atoms with van der Waals surface area (Å²) in [6.07, 6.45) is -0.950. The first kappa shape index (κ1) is 29.2. The van der Waals surface area contributed by atoms with Crippen molar-refractivity contribution in [2.45, 2.75) is 24.9 Å². The van der Waals surface area contributed by atoms with E-state index >= 15 is 0 Å². The Morgan fingerprint density at radius 3 is 2.56 bits per heavy atom. The number of nitrogens with zero attached hydrogens (tertiary/aromatic N) is 1. The van der Waals surface area contributed by atoms with Gasteiger partial charge in [0.25, 0.3) is 5.91 Å². The second-order valence-electron chi connectivity index (χ2n) is 8.72. The molecule has 0 aromatic heterocycles. The molecule has 12 nitrogen and oxygen atoms in total. The van der Waals surface area contributed by atoms with Gasteiger partial charge in [-0.3, -0.25) is 24.0 Å². The van der Waals surface area contributed by atoms with Crippen LogP contribution in [0.2, 0.25) is 5.02 Å². The molecule has 1 aliphatic heterocycles. The molecular formula is C26H30ClN5O7. The third-order valence-electron chi connectivity index (χ3n) is 5.73. The molecule has 0 fully saturated rings. The Morgan fingerprint density at radius 1 is 1.13 bits per heavy atom. The van der Waals surface area contributed by atoms with Gasteiger partial charge in [0.1, 0.15) is 36.8 Å². The number of carbonyl (C=O) groups excluding carboxylic acids is 5. The standard InChI is InChI=1S/C26H30ClN5O7/c1-32-11-13-39-21-5-3-2-4-18(21)24(35)31-19(15-23(34)30-20(26(32)37)14-22(28)33)25(36)29-10-12-38-17-8-6-16(27)7-9-17/h2-9,19-20H,10-15H2,1H3,(H2,28,33)(H,29,36)(H,30,34)(H,31,35)/t19-,20-/m0/s1. The Labute approximate surface area is 230 Å². The molecule has 0 bridgehead atoms. The number of nitrogens with one attached hydrogen (secondary N) is 3. The van der Waals surface area contributed by atoms with Gasteiger partial charge in [-0.25, -0.2) is 0 Å². The van der Waals surface area contributed by atoms with Gasteiger partial charge in [0.15, 0.2) is 0 Å². The average molecular weight is 560 g/mol. The quantitative estimate of drug-likeness (QED) is 0.352. The number of hydrogen-bond donors (Lipinski definition) is 4. The minimum absolute atomic E-state index is 0.0291. The Morgan fingerprint density at radius 2 is 1.85 bits per heavy atom. The van der Waals surface area contributed by atoms with Crippen molar-refractivity contribution in [1.29, 1.82) is 0 Å². The second kappa shape index (κ2) is 14.0. The summed E-state index contributed by atoms with van der Waals surface area (Å²) in [6, 6.07) is 10.5. The number of primary amides is 1. The summed E-state index contributed by atoms with van der Waals surface area (Å²) in [6.45, 7) is 0.325. The van der Waals surface area contributed by atoms with Gasteiger partial charge in [0.2, 0.25) is 23.6 Å². The van der Waals surface area contributed by atoms with Crippen molar-refractivity contribution >= 4 is 41.1 Å². The molecule has 3 rings (SSSR count). The van der Waals surface area contributed by atoms with E-state index in [0.717, 1.165) is 0 Å². The highest BCUT2D eigenvalue weighted by molar-refractivity contribution is 6.30. The lowest BCUT2D eigenvalue weighted by atomic mass is 10.1. The van der Waals surface area contributed by atoms with Crippen LogP contribution in [0.5, 0.6) is 11.5 Å². The summed E-state index contributed by atoms with van der Waals surface area (Å²) in [7, 11) is 1.48. The molecule has 13 heteroatoms. The number of rotatable bonds is 7. The summed E-state index contributed by atoms with van der Waals surface area (Å²) in [5.74, 6) is -2.59. The van der Waals surface area contributed by atoms with Crippen LogP contribution in [-0.4, -0.2) is 79.9 Å². The maximum Gasteiger partial charge on any atom is 0.255 e. The monoisotopic (exact) mass is 559 g/mol. The number of carbonyl (C=O) groups is 5. The van der Waals surface area contributed by atoms with Crippen LogP contribution >= 0.6 is 11.6 Å². The molecular weight excluding hydrogens is 530 g/mol. The molecule has 0 aliphatic carbocycles. The van der Waals surface area contributed by atoms with Gasteiger partial charge < -0.3 is 36.1 Å². The number of nitrogens with two attached hydrogens (primary N) is 1. The van der Waals surface area contributed by atoms with Crippen molar-refractivity contribution < 1.29 is 33.4 Å². The van der Waals surface area contributed by atoms with Crippen LogP contribution in [0.3, 0.4) is 0 Å². The van der Waals surface area contributed by atoms with Gasteiger partial charge in [-0.05, 0) is 36.4 Å². The molecule has 39 heavy (non-hydrogen) atoms. The zero-order valence-corrected chi connectivity index (χ0v) is 22.0. The molecule has 5 amide bonds. The highest BCUT2D eigenvalue weighted by Crippen LogP contribution is 2.19. The molecule has 0 unspecified atom stereocenters. The molecule has 1 heterocycles. The van der Waals surface area contributed by atoms with E-state index in [2.05, 4.69) is 16.0 Å². The fourth-order valence-corrected chi connectivity index (χ4v) is 3.86.